The number of hydrogen-bond acceptors (Lipinski definition) is 5. The predicted molar refractivity (Wildman–Crippen MR) is 141 cm³/mol. The Hall–Kier alpha value is -4.44. The molecule has 0 bridgehead atoms. The van der Waals surface area contributed by atoms with Crippen molar-refractivity contribution in [3.05, 3.63) is 95.3 Å². The van der Waals surface area contributed by atoms with Gasteiger partial charge in [-0.3, -0.25) is 14.2 Å². The molecule has 0 saturated carbocycles. The fraction of sp³-hybridized carbons (Fsp3) is 0.179. The van der Waals surface area contributed by atoms with Gasteiger partial charge in [0.25, 0.3) is 5.91 Å². The predicted octanol–water partition coefficient (Wildman–Crippen LogP) is 6.06. The maximum Gasteiger partial charge on any atom is 0.418 e. The van der Waals surface area contributed by atoms with Crippen LogP contribution in [0.1, 0.15) is 42.3 Å². The molecule has 196 valence electrons. The number of aromatic nitrogens is 2. The van der Waals surface area contributed by atoms with E-state index in [9.17, 15) is 23.1 Å². The molecule has 7 nitrogen and oxygen atoms in total. The number of carbonyl (C=O) groups is 1. The molecule has 4 N–H and O–H groups in total. The number of rotatable bonds is 6. The van der Waals surface area contributed by atoms with Gasteiger partial charge in [-0.05, 0) is 62.7 Å². The van der Waals surface area contributed by atoms with Gasteiger partial charge in [0.1, 0.15) is 17.2 Å². The molecule has 0 spiro atoms. The average molecular weight is 522 g/mol. The fourth-order valence-electron chi connectivity index (χ4n) is 3.78. The van der Waals surface area contributed by atoms with Gasteiger partial charge >= 0.3 is 6.18 Å². The number of aliphatic hydroxyl groups is 1. The number of aliphatic imine (C=N–C) groups is 1. The zero-order valence-electron chi connectivity index (χ0n) is 20.9. The highest BCUT2D eigenvalue weighted by Gasteiger charge is 2.34. The Morgan fingerprint density at radius 3 is 2.45 bits per heavy atom. The van der Waals surface area contributed by atoms with Gasteiger partial charge in [-0.15, -0.1) is 0 Å². The van der Waals surface area contributed by atoms with Gasteiger partial charge < -0.3 is 16.2 Å². The Morgan fingerprint density at radius 1 is 1.11 bits per heavy atom. The SMILES string of the molecule is CC(N)=CC=Nc1cc(C(=O)Nc2c(-c3ccccc3)nc3cc(C(C)(C)O)ccn23)ccc1C(F)(F)F. The maximum atomic E-state index is 13.6. The molecule has 1 amide bonds. The van der Waals surface area contributed by atoms with Crippen molar-refractivity contribution >= 4 is 29.3 Å². The van der Waals surface area contributed by atoms with Crippen LogP contribution in [-0.4, -0.2) is 26.6 Å². The Kier molecular flexibility index (Phi) is 7.10. The van der Waals surface area contributed by atoms with Crippen LogP contribution in [-0.2, 0) is 11.8 Å². The van der Waals surface area contributed by atoms with Crippen LogP contribution >= 0.6 is 0 Å². The van der Waals surface area contributed by atoms with Gasteiger partial charge in [-0.25, -0.2) is 4.98 Å². The number of fused-ring (bicyclic) bond motifs is 1. The lowest BCUT2D eigenvalue weighted by Crippen LogP contribution is -2.16. The number of pyridine rings is 1. The van der Waals surface area contributed by atoms with Crippen LogP contribution in [0.4, 0.5) is 24.7 Å². The molecule has 0 aliphatic heterocycles. The van der Waals surface area contributed by atoms with Crippen molar-refractivity contribution < 1.29 is 23.1 Å². The molecular formula is C28H26F3N5O2. The topological polar surface area (TPSA) is 105 Å². The minimum absolute atomic E-state index is 0.0272. The third-order valence-electron chi connectivity index (χ3n) is 5.73. The molecule has 2 aromatic carbocycles. The van der Waals surface area contributed by atoms with E-state index in [0.29, 0.717) is 28.4 Å². The van der Waals surface area contributed by atoms with Crippen molar-refractivity contribution in [2.45, 2.75) is 32.5 Å². The molecule has 0 fully saturated rings. The van der Waals surface area contributed by atoms with E-state index >= 15 is 0 Å². The molecule has 2 heterocycles. The van der Waals surface area contributed by atoms with Crippen molar-refractivity contribution in [3.63, 3.8) is 0 Å². The molecule has 2 aromatic heterocycles. The molecule has 0 saturated heterocycles. The van der Waals surface area contributed by atoms with Crippen LogP contribution in [0, 0.1) is 0 Å². The average Bonchev–Trinajstić information content (AvgIpc) is 3.20. The van der Waals surface area contributed by atoms with Crippen molar-refractivity contribution in [1.82, 2.24) is 9.38 Å². The molecule has 0 aliphatic carbocycles. The zero-order valence-corrected chi connectivity index (χ0v) is 20.9. The Bertz CT molecular complexity index is 1540. The van der Waals surface area contributed by atoms with Gasteiger partial charge in [0.2, 0.25) is 0 Å². The van der Waals surface area contributed by atoms with Crippen LogP contribution in [0.2, 0.25) is 0 Å². The smallest absolute Gasteiger partial charge is 0.402 e. The molecule has 10 heteroatoms. The molecule has 0 aliphatic rings. The number of imidazole rings is 1. The maximum absolute atomic E-state index is 13.6. The minimum Gasteiger partial charge on any atom is -0.402 e. The number of benzene rings is 2. The number of nitrogens with zero attached hydrogens (tertiary/aromatic N) is 3. The normalized spacial score (nSPS) is 12.9. The molecular weight excluding hydrogens is 495 g/mol. The van der Waals surface area contributed by atoms with Crippen LogP contribution in [0.3, 0.4) is 0 Å². The minimum atomic E-state index is -4.66. The van der Waals surface area contributed by atoms with Crippen molar-refractivity contribution in [2.24, 2.45) is 10.7 Å². The van der Waals surface area contributed by atoms with Crippen LogP contribution in [0.25, 0.3) is 16.9 Å². The number of carbonyl (C=O) groups excluding carboxylic acids is 1. The molecule has 38 heavy (non-hydrogen) atoms. The van der Waals surface area contributed by atoms with Crippen LogP contribution < -0.4 is 11.1 Å². The monoisotopic (exact) mass is 521 g/mol. The van der Waals surface area contributed by atoms with E-state index in [4.69, 9.17) is 5.73 Å². The number of allylic oxidation sites excluding steroid dienone is 2. The van der Waals surface area contributed by atoms with Crippen molar-refractivity contribution in [2.75, 3.05) is 5.32 Å². The highest BCUT2D eigenvalue weighted by Crippen LogP contribution is 2.37. The summed E-state index contributed by atoms with van der Waals surface area (Å²) in [5.74, 6) is -0.323. The number of amides is 1. The molecule has 0 radical (unpaired) electrons. The van der Waals surface area contributed by atoms with Gasteiger partial charge in [0.05, 0.1) is 16.9 Å². The van der Waals surface area contributed by atoms with E-state index in [-0.39, 0.29) is 5.56 Å². The Morgan fingerprint density at radius 2 is 1.82 bits per heavy atom. The second kappa shape index (κ2) is 10.1. The first-order valence-electron chi connectivity index (χ1n) is 11.6. The Labute approximate surface area is 217 Å². The summed E-state index contributed by atoms with van der Waals surface area (Å²) in [5.41, 5.74) is 5.64. The molecule has 4 aromatic rings. The second-order valence-corrected chi connectivity index (χ2v) is 9.25. The molecule has 4 rings (SSSR count). The van der Waals surface area contributed by atoms with E-state index in [2.05, 4.69) is 15.3 Å². The van der Waals surface area contributed by atoms with E-state index in [1.807, 2.05) is 30.3 Å². The van der Waals surface area contributed by atoms with Crippen LogP contribution in [0.5, 0.6) is 0 Å². The summed E-state index contributed by atoms with van der Waals surface area (Å²) in [4.78, 5) is 21.9. The number of anilines is 1. The third kappa shape index (κ3) is 5.76. The van der Waals surface area contributed by atoms with Crippen LogP contribution in [0.15, 0.2) is 83.6 Å². The lowest BCUT2D eigenvalue weighted by atomic mass is 10.00. The highest BCUT2D eigenvalue weighted by molar-refractivity contribution is 6.06. The summed E-state index contributed by atoms with van der Waals surface area (Å²) in [6.45, 7) is 4.88. The summed E-state index contributed by atoms with van der Waals surface area (Å²) in [6, 6.07) is 15.6. The van der Waals surface area contributed by atoms with E-state index in [0.717, 1.165) is 30.0 Å². The summed E-state index contributed by atoms with van der Waals surface area (Å²) in [6.07, 6.45) is -0.482. The number of alkyl halides is 3. The number of nitrogens with two attached hydrogens (primary N) is 1. The van der Waals surface area contributed by atoms with Gasteiger partial charge in [-0.1, -0.05) is 30.3 Å². The first-order valence-corrected chi connectivity index (χ1v) is 11.6. The van der Waals surface area contributed by atoms with E-state index in [1.165, 1.54) is 6.08 Å². The molecule has 0 atom stereocenters. The highest BCUT2D eigenvalue weighted by atomic mass is 19.4. The first kappa shape index (κ1) is 26.6. The lowest BCUT2D eigenvalue weighted by Gasteiger charge is -2.17. The summed E-state index contributed by atoms with van der Waals surface area (Å²) in [7, 11) is 0. The number of nitrogens with one attached hydrogen (secondary N) is 1. The standard InChI is InChI=1S/C28H26F3N5O2/c1-17(32)11-13-33-22-15-19(9-10-21(22)28(29,30)31)26(37)35-25-24(18-7-5-4-6-8-18)34-23-16-20(27(2,3)38)12-14-36(23)25/h4-16,38H,32H2,1-3H3,(H,35,37). The van der Waals surface area contributed by atoms with E-state index < -0.39 is 28.9 Å². The largest absolute Gasteiger partial charge is 0.418 e. The van der Waals surface area contributed by atoms with Gasteiger partial charge in [-0.2, -0.15) is 13.2 Å². The zero-order chi connectivity index (χ0) is 27.7. The number of hydrogen-bond donors (Lipinski definition) is 3. The third-order valence-corrected chi connectivity index (χ3v) is 5.73. The second-order valence-electron chi connectivity index (χ2n) is 9.25. The lowest BCUT2D eigenvalue weighted by molar-refractivity contribution is -0.137. The summed E-state index contributed by atoms with van der Waals surface area (Å²) < 4.78 is 42.3. The fourth-order valence-corrected chi connectivity index (χ4v) is 3.78. The van der Waals surface area contributed by atoms with Crippen molar-refractivity contribution in [3.8, 4) is 11.3 Å². The number of halogens is 3. The van der Waals surface area contributed by atoms with Gasteiger partial charge in [0.15, 0.2) is 0 Å². The molecule has 0 unspecified atom stereocenters. The summed E-state index contributed by atoms with van der Waals surface area (Å²) in [5, 5.41) is 13.2. The first-order chi connectivity index (χ1) is 17.8. The van der Waals surface area contributed by atoms with E-state index in [1.54, 1.807) is 43.5 Å². The van der Waals surface area contributed by atoms with Gasteiger partial charge in [0, 0.05) is 29.2 Å². The Balaban J connectivity index is 1.79. The van der Waals surface area contributed by atoms with Crippen molar-refractivity contribution in [1.29, 1.82) is 0 Å². The summed E-state index contributed by atoms with van der Waals surface area (Å²) >= 11 is 0. The quantitative estimate of drug-likeness (QED) is 0.268.